The van der Waals surface area contributed by atoms with Crippen molar-refractivity contribution in [2.24, 2.45) is 5.92 Å². The van der Waals surface area contributed by atoms with Crippen LogP contribution in [-0.4, -0.2) is 54.2 Å². The van der Waals surface area contributed by atoms with Gasteiger partial charge in [-0.1, -0.05) is 26.2 Å². The molecule has 4 nitrogen and oxygen atoms in total. The number of nitrogens with zero attached hydrogens (tertiary/aromatic N) is 2. The maximum atomic E-state index is 10.9. The van der Waals surface area contributed by atoms with E-state index in [1.807, 2.05) is 0 Å². The SMILES string of the molecule is CCCN(C)CCCCCC1CCC(N(C)C(=O)O)CC1. The van der Waals surface area contributed by atoms with Gasteiger partial charge in [0.05, 0.1) is 0 Å². The molecule has 4 heteroatoms. The fourth-order valence-corrected chi connectivity index (χ4v) is 3.46. The van der Waals surface area contributed by atoms with E-state index >= 15 is 0 Å². The minimum Gasteiger partial charge on any atom is -0.465 e. The van der Waals surface area contributed by atoms with Crippen LogP contribution in [0.3, 0.4) is 0 Å². The molecule has 0 bridgehead atoms. The molecule has 0 spiro atoms. The van der Waals surface area contributed by atoms with Gasteiger partial charge in [0.1, 0.15) is 0 Å². The Hall–Kier alpha value is -0.770. The summed E-state index contributed by atoms with van der Waals surface area (Å²) in [6.45, 7) is 4.67. The van der Waals surface area contributed by atoms with Crippen LogP contribution in [0.15, 0.2) is 0 Å². The van der Waals surface area contributed by atoms with E-state index in [1.165, 1.54) is 62.9 Å². The Morgan fingerprint density at radius 3 is 2.29 bits per heavy atom. The largest absolute Gasteiger partial charge is 0.465 e. The minimum atomic E-state index is -0.783. The van der Waals surface area contributed by atoms with Gasteiger partial charge in [-0.3, -0.25) is 0 Å². The number of hydrogen-bond acceptors (Lipinski definition) is 2. The Bertz CT molecular complexity index is 289. The molecule has 1 N–H and O–H groups in total. The molecular weight excluding hydrogens is 264 g/mol. The summed E-state index contributed by atoms with van der Waals surface area (Å²) in [5.74, 6) is 0.830. The van der Waals surface area contributed by atoms with Crippen molar-refractivity contribution in [2.75, 3.05) is 27.2 Å². The predicted molar refractivity (Wildman–Crippen MR) is 87.8 cm³/mol. The summed E-state index contributed by atoms with van der Waals surface area (Å²) >= 11 is 0. The van der Waals surface area contributed by atoms with Gasteiger partial charge in [-0.15, -0.1) is 0 Å². The topological polar surface area (TPSA) is 43.8 Å². The van der Waals surface area contributed by atoms with Gasteiger partial charge in [0.25, 0.3) is 0 Å². The van der Waals surface area contributed by atoms with E-state index in [0.717, 1.165) is 18.8 Å². The molecule has 0 aliphatic heterocycles. The third kappa shape index (κ3) is 7.16. The summed E-state index contributed by atoms with van der Waals surface area (Å²) in [6.07, 6.45) is 10.3. The highest BCUT2D eigenvalue weighted by Crippen LogP contribution is 2.30. The molecule has 0 aromatic carbocycles. The molecule has 21 heavy (non-hydrogen) atoms. The monoisotopic (exact) mass is 298 g/mol. The first-order valence-electron chi connectivity index (χ1n) is 8.68. The molecule has 1 saturated carbocycles. The lowest BCUT2D eigenvalue weighted by Gasteiger charge is -2.33. The number of hydrogen-bond donors (Lipinski definition) is 1. The van der Waals surface area contributed by atoms with Crippen LogP contribution in [0, 0.1) is 5.92 Å². The summed E-state index contributed by atoms with van der Waals surface area (Å²) in [4.78, 5) is 14.9. The number of carbonyl (C=O) groups is 1. The normalized spacial score (nSPS) is 22.5. The Balaban J connectivity index is 2.04. The van der Waals surface area contributed by atoms with Gasteiger partial charge in [-0.05, 0) is 64.6 Å². The van der Waals surface area contributed by atoms with E-state index in [0.29, 0.717) is 0 Å². The van der Waals surface area contributed by atoms with Crippen LogP contribution < -0.4 is 0 Å². The maximum Gasteiger partial charge on any atom is 0.407 e. The van der Waals surface area contributed by atoms with E-state index in [1.54, 1.807) is 7.05 Å². The first-order chi connectivity index (χ1) is 10.0. The molecular formula is C17H34N2O2. The maximum absolute atomic E-state index is 10.9. The molecule has 0 aromatic rings. The molecule has 0 aromatic heterocycles. The van der Waals surface area contributed by atoms with Crippen LogP contribution in [-0.2, 0) is 0 Å². The molecule has 1 amide bonds. The van der Waals surface area contributed by atoms with Crippen LogP contribution in [0.25, 0.3) is 0 Å². The van der Waals surface area contributed by atoms with Crippen molar-refractivity contribution in [3.63, 3.8) is 0 Å². The first-order valence-corrected chi connectivity index (χ1v) is 8.68. The van der Waals surface area contributed by atoms with E-state index < -0.39 is 6.09 Å². The Kier molecular flexibility index (Phi) is 8.74. The van der Waals surface area contributed by atoms with Gasteiger partial charge in [0, 0.05) is 13.1 Å². The van der Waals surface area contributed by atoms with Gasteiger partial charge < -0.3 is 14.9 Å². The second-order valence-electron chi connectivity index (χ2n) is 6.72. The highest BCUT2D eigenvalue weighted by Gasteiger charge is 2.25. The van der Waals surface area contributed by atoms with E-state index in [9.17, 15) is 4.79 Å². The van der Waals surface area contributed by atoms with Gasteiger partial charge >= 0.3 is 6.09 Å². The zero-order valence-electron chi connectivity index (χ0n) is 14.2. The summed E-state index contributed by atoms with van der Waals surface area (Å²) in [7, 11) is 3.92. The summed E-state index contributed by atoms with van der Waals surface area (Å²) in [6, 6.07) is 0.251. The average molecular weight is 298 g/mol. The second-order valence-corrected chi connectivity index (χ2v) is 6.72. The second kappa shape index (κ2) is 10.0. The lowest BCUT2D eigenvalue weighted by atomic mass is 9.82. The third-order valence-corrected chi connectivity index (χ3v) is 4.92. The molecule has 1 rings (SSSR count). The first kappa shape index (κ1) is 18.3. The number of carboxylic acid groups (broad SMARTS) is 1. The van der Waals surface area contributed by atoms with Gasteiger partial charge in [0.2, 0.25) is 0 Å². The molecule has 1 aliphatic carbocycles. The molecule has 1 aliphatic rings. The Morgan fingerprint density at radius 1 is 1.05 bits per heavy atom. The summed E-state index contributed by atoms with van der Waals surface area (Å²) < 4.78 is 0. The Labute approximate surface area is 130 Å². The van der Waals surface area contributed by atoms with Gasteiger partial charge in [-0.25, -0.2) is 4.79 Å². The van der Waals surface area contributed by atoms with Crippen LogP contribution in [0.2, 0.25) is 0 Å². The number of unbranched alkanes of at least 4 members (excludes halogenated alkanes) is 2. The standard InChI is InChI=1S/C17H34N2O2/c1-4-13-18(2)14-7-5-6-8-15-9-11-16(12-10-15)19(3)17(20)21/h15-16H,4-14H2,1-3H3,(H,20,21). The lowest BCUT2D eigenvalue weighted by molar-refractivity contribution is 0.117. The smallest absolute Gasteiger partial charge is 0.407 e. The van der Waals surface area contributed by atoms with E-state index in [2.05, 4.69) is 18.9 Å². The van der Waals surface area contributed by atoms with Crippen molar-refractivity contribution in [1.29, 1.82) is 0 Å². The predicted octanol–water partition coefficient (Wildman–Crippen LogP) is 4.06. The van der Waals surface area contributed by atoms with Crippen molar-refractivity contribution in [3.05, 3.63) is 0 Å². The zero-order chi connectivity index (χ0) is 15.7. The van der Waals surface area contributed by atoms with Crippen LogP contribution in [0.4, 0.5) is 4.79 Å². The zero-order valence-corrected chi connectivity index (χ0v) is 14.2. The van der Waals surface area contributed by atoms with Crippen molar-refractivity contribution in [3.8, 4) is 0 Å². The molecule has 0 radical (unpaired) electrons. The average Bonchev–Trinajstić information content (AvgIpc) is 2.47. The molecule has 0 heterocycles. The van der Waals surface area contributed by atoms with Gasteiger partial charge in [-0.2, -0.15) is 0 Å². The fourth-order valence-electron chi connectivity index (χ4n) is 3.46. The summed E-state index contributed by atoms with van der Waals surface area (Å²) in [5.41, 5.74) is 0. The van der Waals surface area contributed by atoms with Crippen molar-refractivity contribution in [2.45, 2.75) is 70.8 Å². The van der Waals surface area contributed by atoms with Crippen LogP contribution >= 0.6 is 0 Å². The Morgan fingerprint density at radius 2 is 1.71 bits per heavy atom. The van der Waals surface area contributed by atoms with E-state index in [4.69, 9.17) is 5.11 Å². The molecule has 0 atom stereocenters. The molecule has 0 saturated heterocycles. The third-order valence-electron chi connectivity index (χ3n) is 4.92. The molecule has 1 fully saturated rings. The van der Waals surface area contributed by atoms with Gasteiger partial charge in [0.15, 0.2) is 0 Å². The highest BCUT2D eigenvalue weighted by atomic mass is 16.4. The van der Waals surface area contributed by atoms with Crippen molar-refractivity contribution >= 4 is 6.09 Å². The molecule has 124 valence electrons. The van der Waals surface area contributed by atoms with E-state index in [-0.39, 0.29) is 6.04 Å². The summed E-state index contributed by atoms with van der Waals surface area (Å²) in [5, 5.41) is 9.01. The van der Waals surface area contributed by atoms with Crippen LogP contribution in [0.5, 0.6) is 0 Å². The quantitative estimate of drug-likeness (QED) is 0.653. The number of rotatable bonds is 9. The van der Waals surface area contributed by atoms with Crippen molar-refractivity contribution in [1.82, 2.24) is 9.80 Å². The number of amides is 1. The highest BCUT2D eigenvalue weighted by molar-refractivity contribution is 5.64. The lowest BCUT2D eigenvalue weighted by Crippen LogP contribution is -2.38. The minimum absolute atomic E-state index is 0.251. The van der Waals surface area contributed by atoms with Crippen LogP contribution in [0.1, 0.15) is 64.7 Å². The molecule has 0 unspecified atom stereocenters. The van der Waals surface area contributed by atoms with Crippen molar-refractivity contribution < 1.29 is 9.90 Å². The fraction of sp³-hybridized carbons (Fsp3) is 0.941.